The first kappa shape index (κ1) is 15.8. The second-order valence-corrected chi connectivity index (χ2v) is 7.42. The molecule has 0 saturated heterocycles. The number of aromatic nitrogens is 2. The maximum absolute atomic E-state index is 5.66. The van der Waals surface area contributed by atoms with Crippen LogP contribution in [0.2, 0.25) is 0 Å². The Morgan fingerprint density at radius 3 is 2.64 bits per heavy atom. The minimum atomic E-state index is 0.539. The molecule has 0 radical (unpaired) electrons. The van der Waals surface area contributed by atoms with Crippen molar-refractivity contribution in [3.63, 3.8) is 0 Å². The Hall–Kier alpha value is -3.25. The van der Waals surface area contributed by atoms with E-state index in [1.165, 1.54) is 22.3 Å². The summed E-state index contributed by atoms with van der Waals surface area (Å²) in [5, 5.41) is 3.50. The number of nitrogens with zero attached hydrogens (tertiary/aromatic N) is 4. The lowest BCUT2D eigenvalue weighted by molar-refractivity contribution is 0.133. The van der Waals surface area contributed by atoms with E-state index in [2.05, 4.69) is 57.7 Å². The van der Waals surface area contributed by atoms with E-state index in [0.717, 1.165) is 48.3 Å². The highest BCUT2D eigenvalue weighted by Crippen LogP contribution is 2.33. The molecule has 0 unspecified atom stereocenters. The summed E-state index contributed by atoms with van der Waals surface area (Å²) in [6, 6.07) is 14.9. The van der Waals surface area contributed by atoms with Crippen LogP contribution >= 0.6 is 0 Å². The van der Waals surface area contributed by atoms with Crippen LogP contribution < -0.4 is 10.2 Å². The fourth-order valence-electron chi connectivity index (χ4n) is 4.07. The van der Waals surface area contributed by atoms with E-state index in [1.54, 1.807) is 0 Å². The zero-order valence-electron chi connectivity index (χ0n) is 15.4. The summed E-state index contributed by atoms with van der Waals surface area (Å²) < 4.78 is 5.66. The molecule has 3 aromatic rings. The Kier molecular flexibility index (Phi) is 3.46. The lowest BCUT2D eigenvalue weighted by atomic mass is 10.1. The number of aliphatic imine (C=N–C) groups is 1. The number of anilines is 3. The Morgan fingerprint density at radius 1 is 0.929 bits per heavy atom. The standard InChI is InChI=1S/C22H19N5O/c1-2-4-16-11-27(10-15(16)3-1)22-25-20-13-28-12-19(20)21(26-22)24-18-6-5-14-8-23-9-17(14)7-18/h1-7,9H,8,10-13H2,(H,24,25,26). The third-order valence-corrected chi connectivity index (χ3v) is 5.59. The molecule has 3 aliphatic heterocycles. The van der Waals surface area contributed by atoms with E-state index < -0.39 is 0 Å². The van der Waals surface area contributed by atoms with Crippen LogP contribution in [0.5, 0.6) is 0 Å². The van der Waals surface area contributed by atoms with Crippen molar-refractivity contribution in [2.45, 2.75) is 32.8 Å². The molecule has 0 amide bonds. The lowest BCUT2D eigenvalue weighted by Gasteiger charge is -2.18. The average molecular weight is 369 g/mol. The summed E-state index contributed by atoms with van der Waals surface area (Å²) in [6.45, 7) is 3.53. The fraction of sp³-hybridized carbons (Fsp3) is 0.227. The number of ether oxygens (including phenoxy) is 1. The van der Waals surface area contributed by atoms with Crippen LogP contribution in [0.3, 0.4) is 0 Å². The van der Waals surface area contributed by atoms with Crippen molar-refractivity contribution in [2.75, 3.05) is 10.2 Å². The van der Waals surface area contributed by atoms with Gasteiger partial charge in [-0.1, -0.05) is 30.3 Å². The van der Waals surface area contributed by atoms with Gasteiger partial charge in [-0.15, -0.1) is 0 Å². The molecule has 6 heteroatoms. The maximum Gasteiger partial charge on any atom is 0.228 e. The van der Waals surface area contributed by atoms with E-state index >= 15 is 0 Å². The molecule has 0 aliphatic carbocycles. The summed E-state index contributed by atoms with van der Waals surface area (Å²) in [6.07, 6.45) is 1.93. The predicted octanol–water partition coefficient (Wildman–Crippen LogP) is 3.70. The molecule has 1 aromatic heterocycles. The molecule has 2 aromatic carbocycles. The van der Waals surface area contributed by atoms with Crippen molar-refractivity contribution in [3.8, 4) is 0 Å². The molecule has 0 atom stereocenters. The van der Waals surface area contributed by atoms with Gasteiger partial charge < -0.3 is 15.0 Å². The van der Waals surface area contributed by atoms with Crippen molar-refractivity contribution in [1.29, 1.82) is 0 Å². The van der Waals surface area contributed by atoms with E-state index in [4.69, 9.17) is 14.7 Å². The minimum absolute atomic E-state index is 0.539. The largest absolute Gasteiger partial charge is 0.370 e. The van der Waals surface area contributed by atoms with E-state index in [0.29, 0.717) is 13.2 Å². The van der Waals surface area contributed by atoms with Crippen LogP contribution in [-0.2, 0) is 37.6 Å². The van der Waals surface area contributed by atoms with Gasteiger partial charge in [0.1, 0.15) is 5.82 Å². The normalized spacial score (nSPS) is 16.2. The van der Waals surface area contributed by atoms with Gasteiger partial charge in [0.15, 0.2) is 0 Å². The van der Waals surface area contributed by atoms with Crippen LogP contribution in [-0.4, -0.2) is 16.2 Å². The zero-order chi connectivity index (χ0) is 18.5. The molecule has 3 aliphatic rings. The third-order valence-electron chi connectivity index (χ3n) is 5.59. The summed E-state index contributed by atoms with van der Waals surface area (Å²) in [5.41, 5.74) is 8.15. The molecule has 6 nitrogen and oxygen atoms in total. The van der Waals surface area contributed by atoms with Crippen LogP contribution in [0.4, 0.5) is 17.5 Å². The van der Waals surface area contributed by atoms with E-state index in [-0.39, 0.29) is 0 Å². The second kappa shape index (κ2) is 6.14. The number of rotatable bonds is 3. The highest BCUT2D eigenvalue weighted by atomic mass is 16.5. The van der Waals surface area contributed by atoms with Crippen LogP contribution in [0.15, 0.2) is 47.5 Å². The molecular weight excluding hydrogens is 350 g/mol. The summed E-state index contributed by atoms with van der Waals surface area (Å²) in [7, 11) is 0. The molecule has 0 spiro atoms. The zero-order valence-corrected chi connectivity index (χ0v) is 15.4. The lowest BCUT2D eigenvalue weighted by Crippen LogP contribution is -2.19. The SMILES string of the molecule is C1=NCc2ccc(Nc3nc(N4Cc5ccccc5C4)nc4c3COC4)cc21. The van der Waals surface area contributed by atoms with Crippen LogP contribution in [0.25, 0.3) is 0 Å². The molecule has 6 rings (SSSR count). The second-order valence-electron chi connectivity index (χ2n) is 7.42. The monoisotopic (exact) mass is 369 g/mol. The molecule has 28 heavy (non-hydrogen) atoms. The third kappa shape index (κ3) is 2.57. The average Bonchev–Trinajstić information content (AvgIpc) is 3.45. The summed E-state index contributed by atoms with van der Waals surface area (Å²) >= 11 is 0. The predicted molar refractivity (Wildman–Crippen MR) is 108 cm³/mol. The molecule has 0 saturated carbocycles. The van der Waals surface area contributed by atoms with E-state index in [9.17, 15) is 0 Å². The number of hydrogen-bond donors (Lipinski definition) is 1. The van der Waals surface area contributed by atoms with Crippen molar-refractivity contribution in [1.82, 2.24) is 9.97 Å². The van der Waals surface area contributed by atoms with Crippen molar-refractivity contribution in [2.24, 2.45) is 4.99 Å². The van der Waals surface area contributed by atoms with Gasteiger partial charge in [-0.05, 0) is 34.4 Å². The van der Waals surface area contributed by atoms with Gasteiger partial charge in [0.05, 0.1) is 25.5 Å². The highest BCUT2D eigenvalue weighted by molar-refractivity contribution is 5.86. The molecule has 0 bridgehead atoms. The molecule has 4 heterocycles. The van der Waals surface area contributed by atoms with Gasteiger partial charge in [-0.3, -0.25) is 4.99 Å². The summed E-state index contributed by atoms with van der Waals surface area (Å²) in [5.74, 6) is 1.59. The molecule has 1 N–H and O–H groups in total. The molecule has 0 fully saturated rings. The first-order valence-corrected chi connectivity index (χ1v) is 9.52. The topological polar surface area (TPSA) is 62.6 Å². The fourth-order valence-corrected chi connectivity index (χ4v) is 4.07. The Balaban J connectivity index is 1.35. The molecule has 138 valence electrons. The van der Waals surface area contributed by atoms with Crippen molar-refractivity contribution < 1.29 is 4.74 Å². The van der Waals surface area contributed by atoms with Crippen LogP contribution in [0.1, 0.15) is 33.5 Å². The van der Waals surface area contributed by atoms with Gasteiger partial charge in [-0.25, -0.2) is 4.98 Å². The Labute approximate surface area is 162 Å². The number of nitrogens with one attached hydrogen (secondary N) is 1. The number of benzene rings is 2. The smallest absolute Gasteiger partial charge is 0.228 e. The number of fused-ring (bicyclic) bond motifs is 3. The van der Waals surface area contributed by atoms with Gasteiger partial charge in [0.2, 0.25) is 5.95 Å². The highest BCUT2D eigenvalue weighted by Gasteiger charge is 2.26. The quantitative estimate of drug-likeness (QED) is 0.763. The first-order valence-electron chi connectivity index (χ1n) is 9.52. The summed E-state index contributed by atoms with van der Waals surface area (Å²) in [4.78, 5) is 16.3. The molecular formula is C22H19N5O. The van der Waals surface area contributed by atoms with Gasteiger partial charge >= 0.3 is 0 Å². The maximum atomic E-state index is 5.66. The van der Waals surface area contributed by atoms with Gasteiger partial charge in [-0.2, -0.15) is 4.98 Å². The van der Waals surface area contributed by atoms with Gasteiger partial charge in [0, 0.05) is 30.6 Å². The Bertz CT molecular complexity index is 1100. The van der Waals surface area contributed by atoms with Crippen molar-refractivity contribution >= 4 is 23.7 Å². The Morgan fingerprint density at radius 2 is 1.79 bits per heavy atom. The minimum Gasteiger partial charge on any atom is -0.370 e. The number of hydrogen-bond acceptors (Lipinski definition) is 6. The van der Waals surface area contributed by atoms with Gasteiger partial charge in [0.25, 0.3) is 0 Å². The first-order chi connectivity index (χ1) is 13.8. The van der Waals surface area contributed by atoms with E-state index in [1.807, 2.05) is 6.21 Å². The van der Waals surface area contributed by atoms with Crippen molar-refractivity contribution in [3.05, 3.63) is 76.0 Å². The van der Waals surface area contributed by atoms with Crippen LogP contribution in [0, 0.1) is 0 Å².